The van der Waals surface area contributed by atoms with Gasteiger partial charge in [-0.15, -0.1) is 0 Å². The van der Waals surface area contributed by atoms with Crippen molar-refractivity contribution >= 4 is 22.8 Å². The summed E-state index contributed by atoms with van der Waals surface area (Å²) in [6.07, 6.45) is 4.78. The minimum Gasteiger partial charge on any atom is -0.378 e. The zero-order valence-electron chi connectivity index (χ0n) is 14.8. The van der Waals surface area contributed by atoms with E-state index in [4.69, 9.17) is 4.74 Å². The van der Waals surface area contributed by atoms with Crippen LogP contribution >= 0.6 is 0 Å². The molecule has 1 saturated carbocycles. The number of nitriles is 1. The molecule has 1 aliphatic carbocycles. The van der Waals surface area contributed by atoms with Crippen LogP contribution in [-0.4, -0.2) is 48.4 Å². The summed E-state index contributed by atoms with van der Waals surface area (Å²) in [5.74, 6) is 0.979. The highest BCUT2D eigenvalue weighted by molar-refractivity contribution is 5.96. The first-order chi connectivity index (χ1) is 12.8. The molecule has 0 unspecified atom stereocenters. The zero-order valence-corrected chi connectivity index (χ0v) is 14.8. The number of morpholine rings is 1. The molecule has 1 aromatic heterocycles. The summed E-state index contributed by atoms with van der Waals surface area (Å²) in [5, 5.41) is 12.4. The van der Waals surface area contributed by atoms with Gasteiger partial charge < -0.3 is 15.0 Å². The maximum Gasteiger partial charge on any atom is 0.328 e. The Morgan fingerprint density at radius 2 is 2.15 bits per heavy atom. The number of para-hydroxylation sites is 1. The monoisotopic (exact) mass is 353 g/mol. The number of rotatable bonds is 5. The van der Waals surface area contributed by atoms with Gasteiger partial charge in [-0.05, 0) is 30.9 Å². The number of anilines is 1. The fourth-order valence-electron chi connectivity index (χ4n) is 3.50. The van der Waals surface area contributed by atoms with E-state index < -0.39 is 0 Å². The standard InChI is InChI=1S/C19H23N5O2/c20-13-17-22-18-15(23-9-11-26-12-10-23)4-1-5-16(18)24(17)19(25)21-8-2-3-14-6-7-14/h1,4-5,14H,2-3,6-12H2,(H,21,25). The van der Waals surface area contributed by atoms with E-state index in [1.807, 2.05) is 18.2 Å². The van der Waals surface area contributed by atoms with Gasteiger partial charge in [0.25, 0.3) is 0 Å². The van der Waals surface area contributed by atoms with Crippen molar-refractivity contribution in [3.8, 4) is 6.07 Å². The Morgan fingerprint density at radius 1 is 1.35 bits per heavy atom. The molecular weight excluding hydrogens is 330 g/mol. The van der Waals surface area contributed by atoms with E-state index in [0.717, 1.165) is 37.5 Å². The fraction of sp³-hybridized carbons (Fsp3) is 0.526. The van der Waals surface area contributed by atoms with Crippen LogP contribution in [0.2, 0.25) is 0 Å². The minimum absolute atomic E-state index is 0.125. The molecule has 1 N–H and O–H groups in total. The van der Waals surface area contributed by atoms with Crippen LogP contribution in [0.25, 0.3) is 11.0 Å². The molecule has 26 heavy (non-hydrogen) atoms. The van der Waals surface area contributed by atoms with Gasteiger partial charge in [0.15, 0.2) is 0 Å². The molecule has 1 aliphatic heterocycles. The lowest BCUT2D eigenvalue weighted by atomic mass is 10.2. The van der Waals surface area contributed by atoms with Gasteiger partial charge in [0.1, 0.15) is 11.6 Å². The number of hydrogen-bond acceptors (Lipinski definition) is 5. The number of imidazole rings is 1. The summed E-state index contributed by atoms with van der Waals surface area (Å²) in [6, 6.07) is 7.52. The lowest BCUT2D eigenvalue weighted by molar-refractivity contribution is 0.123. The van der Waals surface area contributed by atoms with Crippen molar-refractivity contribution in [2.45, 2.75) is 25.7 Å². The third-order valence-corrected chi connectivity index (χ3v) is 5.08. The van der Waals surface area contributed by atoms with Crippen molar-refractivity contribution in [1.82, 2.24) is 14.9 Å². The molecular formula is C19H23N5O2. The number of aromatic nitrogens is 2. The lowest BCUT2D eigenvalue weighted by Gasteiger charge is -2.28. The SMILES string of the molecule is N#Cc1nc2c(N3CCOCC3)cccc2n1C(=O)NCCCC1CC1. The molecule has 7 nitrogen and oxygen atoms in total. The third kappa shape index (κ3) is 3.37. The number of nitrogens with zero attached hydrogens (tertiary/aromatic N) is 4. The Labute approximate surface area is 152 Å². The van der Waals surface area contributed by atoms with Crippen LogP contribution < -0.4 is 10.2 Å². The fourth-order valence-corrected chi connectivity index (χ4v) is 3.50. The molecule has 0 atom stereocenters. The summed E-state index contributed by atoms with van der Waals surface area (Å²) in [6.45, 7) is 3.53. The Bertz CT molecular complexity index is 843. The predicted octanol–water partition coefficient (Wildman–Crippen LogP) is 2.49. The summed E-state index contributed by atoms with van der Waals surface area (Å²) in [7, 11) is 0. The van der Waals surface area contributed by atoms with Crippen LogP contribution in [0, 0.1) is 17.2 Å². The zero-order chi connectivity index (χ0) is 17.9. The molecule has 4 rings (SSSR count). The molecule has 2 aromatic rings. The highest BCUT2D eigenvalue weighted by Crippen LogP contribution is 2.33. The van der Waals surface area contributed by atoms with Gasteiger partial charge in [-0.25, -0.2) is 14.3 Å². The van der Waals surface area contributed by atoms with Gasteiger partial charge in [0.05, 0.1) is 24.4 Å². The lowest BCUT2D eigenvalue weighted by Crippen LogP contribution is -2.36. The van der Waals surface area contributed by atoms with Crippen LogP contribution in [0.3, 0.4) is 0 Å². The molecule has 1 amide bonds. The van der Waals surface area contributed by atoms with E-state index in [1.54, 1.807) is 0 Å². The van der Waals surface area contributed by atoms with Crippen LogP contribution in [0.4, 0.5) is 10.5 Å². The first kappa shape index (κ1) is 16.9. The van der Waals surface area contributed by atoms with E-state index in [-0.39, 0.29) is 11.9 Å². The smallest absolute Gasteiger partial charge is 0.328 e. The first-order valence-corrected chi connectivity index (χ1v) is 9.30. The highest BCUT2D eigenvalue weighted by atomic mass is 16.5. The molecule has 7 heteroatoms. The van der Waals surface area contributed by atoms with E-state index in [9.17, 15) is 10.1 Å². The Morgan fingerprint density at radius 3 is 2.88 bits per heavy atom. The molecule has 2 fully saturated rings. The summed E-state index contributed by atoms with van der Waals surface area (Å²) in [5.41, 5.74) is 2.31. The van der Waals surface area contributed by atoms with Crippen LogP contribution in [0.15, 0.2) is 18.2 Å². The van der Waals surface area contributed by atoms with Crippen molar-refractivity contribution in [2.24, 2.45) is 5.92 Å². The van der Waals surface area contributed by atoms with Gasteiger partial charge in [-0.2, -0.15) is 5.26 Å². The average Bonchev–Trinajstić information content (AvgIpc) is 3.43. The molecule has 136 valence electrons. The van der Waals surface area contributed by atoms with Crippen molar-refractivity contribution in [3.63, 3.8) is 0 Å². The minimum atomic E-state index is -0.279. The van der Waals surface area contributed by atoms with Gasteiger partial charge in [-0.1, -0.05) is 18.9 Å². The number of nitrogens with one attached hydrogen (secondary N) is 1. The number of hydrogen-bond donors (Lipinski definition) is 1. The third-order valence-electron chi connectivity index (χ3n) is 5.08. The topological polar surface area (TPSA) is 83.2 Å². The Balaban J connectivity index is 1.59. The van der Waals surface area contributed by atoms with Gasteiger partial charge in [-0.3, -0.25) is 0 Å². The molecule has 1 saturated heterocycles. The Kier molecular flexibility index (Phi) is 4.76. The second-order valence-electron chi connectivity index (χ2n) is 6.94. The number of ether oxygens (including phenoxy) is 1. The van der Waals surface area contributed by atoms with E-state index in [1.165, 1.54) is 17.4 Å². The van der Waals surface area contributed by atoms with E-state index in [2.05, 4.69) is 21.3 Å². The normalized spacial score (nSPS) is 17.3. The molecule has 2 heterocycles. The van der Waals surface area contributed by atoms with Crippen molar-refractivity contribution in [2.75, 3.05) is 37.7 Å². The van der Waals surface area contributed by atoms with Crippen LogP contribution in [0.5, 0.6) is 0 Å². The van der Waals surface area contributed by atoms with Crippen molar-refractivity contribution in [3.05, 3.63) is 24.0 Å². The van der Waals surface area contributed by atoms with Gasteiger partial charge in [0.2, 0.25) is 5.82 Å². The first-order valence-electron chi connectivity index (χ1n) is 9.30. The largest absolute Gasteiger partial charge is 0.378 e. The second-order valence-corrected chi connectivity index (χ2v) is 6.94. The van der Waals surface area contributed by atoms with Crippen molar-refractivity contribution in [1.29, 1.82) is 5.26 Å². The van der Waals surface area contributed by atoms with E-state index >= 15 is 0 Å². The average molecular weight is 353 g/mol. The predicted molar refractivity (Wildman–Crippen MR) is 98.2 cm³/mol. The number of benzene rings is 1. The number of carbonyl (C=O) groups is 1. The maximum absolute atomic E-state index is 12.7. The molecule has 0 bridgehead atoms. The summed E-state index contributed by atoms with van der Waals surface area (Å²) >= 11 is 0. The summed E-state index contributed by atoms with van der Waals surface area (Å²) in [4.78, 5) is 19.3. The summed E-state index contributed by atoms with van der Waals surface area (Å²) < 4.78 is 6.81. The Hall–Kier alpha value is -2.59. The van der Waals surface area contributed by atoms with Gasteiger partial charge >= 0.3 is 6.03 Å². The molecule has 0 radical (unpaired) electrons. The van der Waals surface area contributed by atoms with Crippen molar-refractivity contribution < 1.29 is 9.53 Å². The van der Waals surface area contributed by atoms with Crippen LogP contribution in [0.1, 0.15) is 31.5 Å². The molecule has 0 spiro atoms. The highest BCUT2D eigenvalue weighted by Gasteiger charge is 2.23. The number of fused-ring (bicyclic) bond motifs is 1. The molecule has 1 aromatic carbocycles. The van der Waals surface area contributed by atoms with E-state index in [0.29, 0.717) is 30.8 Å². The maximum atomic E-state index is 12.7. The molecule has 2 aliphatic rings. The van der Waals surface area contributed by atoms with Crippen LogP contribution in [-0.2, 0) is 4.74 Å². The van der Waals surface area contributed by atoms with Gasteiger partial charge in [0, 0.05) is 19.6 Å². The quantitative estimate of drug-likeness (QED) is 0.835. The number of carbonyl (C=O) groups excluding carboxylic acids is 1. The number of amides is 1. The second kappa shape index (κ2) is 7.34.